The van der Waals surface area contributed by atoms with Crippen molar-refractivity contribution in [2.24, 2.45) is 5.73 Å². The largest absolute Gasteiger partial charge is 0.456 e. The zero-order chi connectivity index (χ0) is 9.03. The van der Waals surface area contributed by atoms with Gasteiger partial charge in [-0.3, -0.25) is 0 Å². The molecule has 3 heteroatoms. The molecular weight excluding hydrogens is 154 g/mol. The van der Waals surface area contributed by atoms with Crippen molar-refractivity contribution in [2.75, 3.05) is 6.61 Å². The predicted molar refractivity (Wildman–Crippen MR) is 45.2 cm³/mol. The van der Waals surface area contributed by atoms with Crippen LogP contribution >= 0.6 is 0 Å². The van der Waals surface area contributed by atoms with Crippen LogP contribution in [0, 0.1) is 11.8 Å². The van der Waals surface area contributed by atoms with E-state index in [0.717, 1.165) is 19.3 Å². The lowest BCUT2D eigenvalue weighted by Gasteiger charge is -2.32. The van der Waals surface area contributed by atoms with Crippen LogP contribution in [0.1, 0.15) is 26.2 Å². The van der Waals surface area contributed by atoms with Crippen LogP contribution in [-0.2, 0) is 9.53 Å². The highest BCUT2D eigenvalue weighted by atomic mass is 16.5. The standard InChI is InChI=1S/C9H13NO2/c1-2-12-8(11)4-7-9(10)5-3-6-9/h2-3,5-6,10H2,1H3. The maximum Gasteiger partial charge on any atom is 0.384 e. The molecule has 0 aromatic rings. The van der Waals surface area contributed by atoms with Crippen molar-refractivity contribution in [3.05, 3.63) is 0 Å². The summed E-state index contributed by atoms with van der Waals surface area (Å²) >= 11 is 0. The Kier molecular flexibility index (Phi) is 2.72. The molecule has 1 fully saturated rings. The van der Waals surface area contributed by atoms with Crippen LogP contribution in [0.3, 0.4) is 0 Å². The van der Waals surface area contributed by atoms with E-state index in [1.54, 1.807) is 6.92 Å². The van der Waals surface area contributed by atoms with Gasteiger partial charge in [-0.15, -0.1) is 0 Å². The van der Waals surface area contributed by atoms with Gasteiger partial charge in [-0.05, 0) is 26.2 Å². The van der Waals surface area contributed by atoms with Crippen LogP contribution < -0.4 is 5.73 Å². The zero-order valence-corrected chi connectivity index (χ0v) is 7.22. The third-order valence-corrected chi connectivity index (χ3v) is 1.93. The number of esters is 1. The first kappa shape index (κ1) is 9.08. The lowest BCUT2D eigenvalue weighted by molar-refractivity contribution is -0.136. The quantitative estimate of drug-likeness (QED) is 0.350. The van der Waals surface area contributed by atoms with Crippen molar-refractivity contribution in [2.45, 2.75) is 31.7 Å². The van der Waals surface area contributed by atoms with Gasteiger partial charge < -0.3 is 10.5 Å². The lowest BCUT2D eigenvalue weighted by Crippen LogP contribution is -2.45. The van der Waals surface area contributed by atoms with Gasteiger partial charge in [-0.2, -0.15) is 0 Å². The highest BCUT2D eigenvalue weighted by Gasteiger charge is 2.30. The zero-order valence-electron chi connectivity index (χ0n) is 7.22. The van der Waals surface area contributed by atoms with Crippen LogP contribution in [0.25, 0.3) is 0 Å². The molecule has 0 aliphatic heterocycles. The molecule has 0 atom stereocenters. The Balaban J connectivity index is 2.41. The van der Waals surface area contributed by atoms with Gasteiger partial charge in [-0.25, -0.2) is 4.79 Å². The van der Waals surface area contributed by atoms with Gasteiger partial charge in [0.1, 0.15) is 0 Å². The third-order valence-electron chi connectivity index (χ3n) is 1.93. The van der Waals surface area contributed by atoms with Gasteiger partial charge in [0, 0.05) is 5.92 Å². The Morgan fingerprint density at radius 3 is 2.75 bits per heavy atom. The molecule has 0 saturated heterocycles. The Morgan fingerprint density at radius 2 is 2.33 bits per heavy atom. The fourth-order valence-corrected chi connectivity index (χ4v) is 1.03. The molecule has 1 aliphatic rings. The summed E-state index contributed by atoms with van der Waals surface area (Å²) in [4.78, 5) is 10.8. The Bertz CT molecular complexity index is 233. The molecule has 0 spiro atoms. The third kappa shape index (κ3) is 2.24. The minimum atomic E-state index is -0.478. The number of hydrogen-bond donors (Lipinski definition) is 1. The van der Waals surface area contributed by atoms with Crippen LogP contribution in [0.2, 0.25) is 0 Å². The molecule has 0 amide bonds. The summed E-state index contributed by atoms with van der Waals surface area (Å²) in [6.07, 6.45) is 2.88. The van der Waals surface area contributed by atoms with E-state index < -0.39 is 11.5 Å². The fraction of sp³-hybridized carbons (Fsp3) is 0.667. The minimum absolute atomic E-state index is 0.366. The van der Waals surface area contributed by atoms with E-state index in [-0.39, 0.29) is 0 Å². The van der Waals surface area contributed by atoms with E-state index in [2.05, 4.69) is 16.6 Å². The molecule has 1 rings (SSSR count). The van der Waals surface area contributed by atoms with E-state index in [1.807, 2.05) is 0 Å². The highest BCUT2D eigenvalue weighted by Crippen LogP contribution is 2.27. The molecule has 3 nitrogen and oxygen atoms in total. The molecule has 66 valence electrons. The van der Waals surface area contributed by atoms with E-state index in [1.165, 1.54) is 0 Å². The minimum Gasteiger partial charge on any atom is -0.456 e. The van der Waals surface area contributed by atoms with Gasteiger partial charge >= 0.3 is 5.97 Å². The summed E-state index contributed by atoms with van der Waals surface area (Å²) in [6, 6.07) is 0. The SMILES string of the molecule is CCOC(=O)C#CC1(N)CCC1. The van der Waals surface area contributed by atoms with Gasteiger partial charge in [0.15, 0.2) is 0 Å². The normalized spacial score (nSPS) is 18.5. The number of rotatable bonds is 1. The Morgan fingerprint density at radius 1 is 1.67 bits per heavy atom. The van der Waals surface area contributed by atoms with Crippen LogP contribution in [0.5, 0.6) is 0 Å². The van der Waals surface area contributed by atoms with Crippen LogP contribution in [0.15, 0.2) is 0 Å². The summed E-state index contributed by atoms with van der Waals surface area (Å²) in [7, 11) is 0. The van der Waals surface area contributed by atoms with Crippen molar-refractivity contribution in [3.8, 4) is 11.8 Å². The molecule has 0 radical (unpaired) electrons. The molecule has 0 bridgehead atoms. The first-order valence-corrected chi connectivity index (χ1v) is 4.15. The van der Waals surface area contributed by atoms with E-state index >= 15 is 0 Å². The van der Waals surface area contributed by atoms with Gasteiger partial charge in [0.25, 0.3) is 0 Å². The molecule has 0 aromatic heterocycles. The second kappa shape index (κ2) is 3.59. The number of carbonyl (C=O) groups is 1. The number of hydrogen-bond acceptors (Lipinski definition) is 3. The monoisotopic (exact) mass is 167 g/mol. The molecule has 0 aromatic carbocycles. The van der Waals surface area contributed by atoms with Crippen molar-refractivity contribution in [1.82, 2.24) is 0 Å². The number of ether oxygens (including phenoxy) is 1. The van der Waals surface area contributed by atoms with Gasteiger partial charge in [0.2, 0.25) is 0 Å². The molecule has 1 aliphatic carbocycles. The summed E-state index contributed by atoms with van der Waals surface area (Å²) in [6.45, 7) is 2.12. The number of nitrogens with two attached hydrogens (primary N) is 1. The topological polar surface area (TPSA) is 52.3 Å². The van der Waals surface area contributed by atoms with E-state index in [9.17, 15) is 4.79 Å². The first-order chi connectivity index (χ1) is 5.66. The van der Waals surface area contributed by atoms with Crippen LogP contribution in [-0.4, -0.2) is 18.1 Å². The first-order valence-electron chi connectivity index (χ1n) is 4.15. The van der Waals surface area contributed by atoms with Crippen molar-refractivity contribution in [3.63, 3.8) is 0 Å². The smallest absolute Gasteiger partial charge is 0.384 e. The van der Waals surface area contributed by atoms with Crippen LogP contribution in [0.4, 0.5) is 0 Å². The highest BCUT2D eigenvalue weighted by molar-refractivity contribution is 5.88. The van der Waals surface area contributed by atoms with Crippen molar-refractivity contribution >= 4 is 5.97 Å². The molecule has 0 unspecified atom stereocenters. The summed E-state index contributed by atoms with van der Waals surface area (Å²) in [5.41, 5.74) is 5.36. The second-order valence-electron chi connectivity index (χ2n) is 2.98. The summed E-state index contributed by atoms with van der Waals surface area (Å²) in [5, 5.41) is 0. The maximum atomic E-state index is 10.8. The molecule has 0 heterocycles. The predicted octanol–water partition coefficient (Wildman–Crippen LogP) is 0.434. The number of carbonyl (C=O) groups excluding carboxylic acids is 1. The average molecular weight is 167 g/mol. The molecule has 12 heavy (non-hydrogen) atoms. The van der Waals surface area contributed by atoms with E-state index in [4.69, 9.17) is 5.73 Å². The Hall–Kier alpha value is -1.01. The molecule has 2 N–H and O–H groups in total. The summed E-state index contributed by atoms with van der Waals surface area (Å²) in [5.74, 6) is 4.65. The fourth-order valence-electron chi connectivity index (χ4n) is 1.03. The van der Waals surface area contributed by atoms with E-state index in [0.29, 0.717) is 6.61 Å². The summed E-state index contributed by atoms with van der Waals surface area (Å²) < 4.78 is 4.64. The Labute approximate surface area is 72.3 Å². The van der Waals surface area contributed by atoms with Crippen molar-refractivity contribution < 1.29 is 9.53 Å². The second-order valence-corrected chi connectivity index (χ2v) is 2.98. The van der Waals surface area contributed by atoms with Gasteiger partial charge in [-0.1, -0.05) is 5.92 Å². The lowest BCUT2D eigenvalue weighted by atomic mass is 9.78. The average Bonchev–Trinajstić information content (AvgIpc) is 1.98. The molecule has 1 saturated carbocycles. The maximum absolute atomic E-state index is 10.8. The molecular formula is C9H13NO2. The van der Waals surface area contributed by atoms with Crippen molar-refractivity contribution in [1.29, 1.82) is 0 Å². The van der Waals surface area contributed by atoms with Gasteiger partial charge in [0.05, 0.1) is 12.1 Å².